The Morgan fingerprint density at radius 2 is 1.82 bits per heavy atom. The van der Waals surface area contributed by atoms with Crippen molar-refractivity contribution in [2.75, 3.05) is 19.7 Å². The number of rotatable bonds is 6. The molecule has 0 aromatic carbocycles. The molecular formula is C9H21NO. The minimum Gasteiger partial charge on any atom is -0.377 e. The topological polar surface area (TPSA) is 21.3 Å². The molecule has 1 atom stereocenters. The quantitative estimate of drug-likeness (QED) is 0.636. The molecule has 0 fully saturated rings. The van der Waals surface area contributed by atoms with Crippen molar-refractivity contribution in [1.82, 2.24) is 5.32 Å². The van der Waals surface area contributed by atoms with Gasteiger partial charge in [0.1, 0.15) is 0 Å². The molecule has 1 unspecified atom stereocenters. The zero-order chi connectivity index (χ0) is 8.69. The van der Waals surface area contributed by atoms with Gasteiger partial charge in [-0.2, -0.15) is 0 Å². The third kappa shape index (κ3) is 7.82. The van der Waals surface area contributed by atoms with Gasteiger partial charge in [-0.05, 0) is 26.3 Å². The summed E-state index contributed by atoms with van der Waals surface area (Å²) in [4.78, 5) is 0. The summed E-state index contributed by atoms with van der Waals surface area (Å²) in [6, 6.07) is 0. The smallest absolute Gasteiger partial charge is 0.0671 e. The molecule has 0 heterocycles. The molecular weight excluding hydrogens is 138 g/mol. The molecule has 0 spiro atoms. The second-order valence-electron chi connectivity index (χ2n) is 3.32. The van der Waals surface area contributed by atoms with Gasteiger partial charge in [0.15, 0.2) is 0 Å². The highest BCUT2D eigenvalue weighted by atomic mass is 16.5. The van der Waals surface area contributed by atoms with Gasteiger partial charge in [0, 0.05) is 13.2 Å². The second-order valence-corrected chi connectivity index (χ2v) is 3.32. The fourth-order valence-corrected chi connectivity index (χ4v) is 0.919. The van der Waals surface area contributed by atoms with E-state index in [1.54, 1.807) is 0 Å². The fraction of sp³-hybridized carbons (Fsp3) is 1.00. The maximum Gasteiger partial charge on any atom is 0.0671 e. The van der Waals surface area contributed by atoms with E-state index in [0.29, 0.717) is 6.10 Å². The molecule has 0 bridgehead atoms. The van der Waals surface area contributed by atoms with Crippen LogP contribution in [0.2, 0.25) is 0 Å². The summed E-state index contributed by atoms with van der Waals surface area (Å²) in [5.74, 6) is 0.726. The monoisotopic (exact) mass is 159 g/mol. The summed E-state index contributed by atoms with van der Waals surface area (Å²) in [6.45, 7) is 11.4. The molecule has 0 aliphatic carbocycles. The van der Waals surface area contributed by atoms with E-state index in [1.165, 1.54) is 0 Å². The van der Waals surface area contributed by atoms with Crippen LogP contribution in [0.5, 0.6) is 0 Å². The second kappa shape index (κ2) is 6.62. The van der Waals surface area contributed by atoms with Crippen LogP contribution in [0.15, 0.2) is 0 Å². The Hall–Kier alpha value is -0.0800. The Labute approximate surface area is 70.3 Å². The Balaban J connectivity index is 3.10. The van der Waals surface area contributed by atoms with Gasteiger partial charge < -0.3 is 10.1 Å². The van der Waals surface area contributed by atoms with Crippen LogP contribution >= 0.6 is 0 Å². The van der Waals surface area contributed by atoms with E-state index in [2.05, 4.69) is 26.1 Å². The van der Waals surface area contributed by atoms with Crippen LogP contribution in [0.3, 0.4) is 0 Å². The van der Waals surface area contributed by atoms with E-state index < -0.39 is 0 Å². The van der Waals surface area contributed by atoms with Crippen LogP contribution in [-0.4, -0.2) is 25.8 Å². The number of hydrogen-bond donors (Lipinski definition) is 1. The third-order valence-corrected chi connectivity index (χ3v) is 1.44. The van der Waals surface area contributed by atoms with Gasteiger partial charge in [-0.1, -0.05) is 13.8 Å². The zero-order valence-electron chi connectivity index (χ0n) is 8.18. The van der Waals surface area contributed by atoms with Crippen LogP contribution in [0.4, 0.5) is 0 Å². The Morgan fingerprint density at radius 3 is 2.27 bits per heavy atom. The van der Waals surface area contributed by atoms with Crippen molar-refractivity contribution in [3.8, 4) is 0 Å². The van der Waals surface area contributed by atoms with Crippen LogP contribution in [0.1, 0.15) is 27.7 Å². The summed E-state index contributed by atoms with van der Waals surface area (Å²) in [5.41, 5.74) is 0. The molecule has 1 N–H and O–H groups in total. The zero-order valence-corrected chi connectivity index (χ0v) is 8.18. The third-order valence-electron chi connectivity index (χ3n) is 1.44. The Kier molecular flexibility index (Phi) is 6.57. The lowest BCUT2D eigenvalue weighted by molar-refractivity contribution is 0.0757. The van der Waals surface area contributed by atoms with Crippen LogP contribution in [0.25, 0.3) is 0 Å². The predicted octanol–water partition coefficient (Wildman–Crippen LogP) is 1.66. The van der Waals surface area contributed by atoms with E-state index in [0.717, 1.165) is 25.6 Å². The average molecular weight is 159 g/mol. The van der Waals surface area contributed by atoms with Gasteiger partial charge in [0.2, 0.25) is 0 Å². The first-order chi connectivity index (χ1) is 5.16. The first-order valence-electron chi connectivity index (χ1n) is 4.49. The molecule has 0 radical (unpaired) electrons. The molecule has 2 nitrogen and oxygen atoms in total. The first-order valence-corrected chi connectivity index (χ1v) is 4.49. The van der Waals surface area contributed by atoms with Crippen molar-refractivity contribution >= 4 is 0 Å². The maximum atomic E-state index is 5.36. The lowest BCUT2D eigenvalue weighted by atomic mass is 10.2. The molecule has 0 saturated heterocycles. The molecule has 0 rings (SSSR count). The van der Waals surface area contributed by atoms with E-state index in [-0.39, 0.29) is 0 Å². The van der Waals surface area contributed by atoms with E-state index in [4.69, 9.17) is 4.74 Å². The minimum absolute atomic E-state index is 0.346. The van der Waals surface area contributed by atoms with Crippen molar-refractivity contribution in [3.05, 3.63) is 0 Å². The minimum atomic E-state index is 0.346. The molecule has 0 saturated carbocycles. The number of ether oxygens (including phenoxy) is 1. The van der Waals surface area contributed by atoms with Crippen LogP contribution in [-0.2, 0) is 4.74 Å². The molecule has 68 valence electrons. The first kappa shape index (κ1) is 10.9. The summed E-state index contributed by atoms with van der Waals surface area (Å²) < 4.78 is 5.36. The Morgan fingerprint density at radius 1 is 1.18 bits per heavy atom. The lowest BCUT2D eigenvalue weighted by Crippen LogP contribution is -2.29. The largest absolute Gasteiger partial charge is 0.377 e. The van der Waals surface area contributed by atoms with Crippen molar-refractivity contribution in [2.45, 2.75) is 33.8 Å². The fourth-order valence-electron chi connectivity index (χ4n) is 0.919. The van der Waals surface area contributed by atoms with Crippen LogP contribution < -0.4 is 5.32 Å². The molecule has 0 amide bonds. The summed E-state index contributed by atoms with van der Waals surface area (Å²) in [6.07, 6.45) is 0.346. The maximum absolute atomic E-state index is 5.36. The highest BCUT2D eigenvalue weighted by molar-refractivity contribution is 4.56. The number of nitrogens with one attached hydrogen (secondary N) is 1. The standard InChI is InChI=1S/C9H21NO/c1-5-11-9(4)7-10-6-8(2)3/h8-10H,5-7H2,1-4H3. The van der Waals surface area contributed by atoms with Crippen molar-refractivity contribution in [1.29, 1.82) is 0 Å². The van der Waals surface area contributed by atoms with Crippen molar-refractivity contribution < 1.29 is 4.74 Å². The van der Waals surface area contributed by atoms with E-state index >= 15 is 0 Å². The van der Waals surface area contributed by atoms with E-state index in [9.17, 15) is 0 Å². The lowest BCUT2D eigenvalue weighted by Gasteiger charge is -2.13. The molecule has 0 aromatic heterocycles. The van der Waals surface area contributed by atoms with Gasteiger partial charge in [-0.3, -0.25) is 0 Å². The van der Waals surface area contributed by atoms with Gasteiger partial charge in [-0.25, -0.2) is 0 Å². The van der Waals surface area contributed by atoms with Gasteiger partial charge in [-0.15, -0.1) is 0 Å². The SMILES string of the molecule is CCOC(C)CNCC(C)C. The summed E-state index contributed by atoms with van der Waals surface area (Å²) in [5, 5.41) is 3.34. The van der Waals surface area contributed by atoms with Crippen LogP contribution in [0, 0.1) is 5.92 Å². The van der Waals surface area contributed by atoms with Gasteiger partial charge >= 0.3 is 0 Å². The predicted molar refractivity (Wildman–Crippen MR) is 48.8 cm³/mol. The highest BCUT2D eigenvalue weighted by Crippen LogP contribution is 1.90. The Bertz CT molecular complexity index is 83.6. The molecule has 0 aromatic rings. The highest BCUT2D eigenvalue weighted by Gasteiger charge is 1.99. The van der Waals surface area contributed by atoms with Gasteiger partial charge in [0.05, 0.1) is 6.10 Å². The summed E-state index contributed by atoms with van der Waals surface area (Å²) >= 11 is 0. The summed E-state index contributed by atoms with van der Waals surface area (Å²) in [7, 11) is 0. The van der Waals surface area contributed by atoms with Crippen molar-refractivity contribution in [2.24, 2.45) is 5.92 Å². The normalized spacial score (nSPS) is 13.9. The van der Waals surface area contributed by atoms with Gasteiger partial charge in [0.25, 0.3) is 0 Å². The molecule has 2 heteroatoms. The molecule has 0 aliphatic heterocycles. The molecule has 11 heavy (non-hydrogen) atoms. The molecule has 0 aliphatic rings. The van der Waals surface area contributed by atoms with Crippen molar-refractivity contribution in [3.63, 3.8) is 0 Å². The van der Waals surface area contributed by atoms with E-state index in [1.807, 2.05) is 6.92 Å². The average Bonchev–Trinajstić information content (AvgIpc) is 1.87. The number of hydrogen-bond acceptors (Lipinski definition) is 2.